The molecule has 3 heterocycles. The Hall–Kier alpha value is -3.66. The number of hydrogen-bond donors (Lipinski definition) is 0. The van der Waals surface area contributed by atoms with Crippen molar-refractivity contribution in [1.82, 2.24) is 24.5 Å². The van der Waals surface area contributed by atoms with Gasteiger partial charge in [0.2, 0.25) is 0 Å². The Morgan fingerprint density at radius 2 is 1.76 bits per heavy atom. The molecular formula is C22H18ClF3N6O. The molecule has 0 unspecified atom stereocenters. The third kappa shape index (κ3) is 5.06. The molecule has 4 aromatic rings. The van der Waals surface area contributed by atoms with E-state index in [1.54, 1.807) is 18.1 Å². The molecule has 0 bridgehead atoms. The number of halogens is 4. The van der Waals surface area contributed by atoms with Gasteiger partial charge in [-0.1, -0.05) is 41.9 Å². The fraction of sp³-hybridized carbons (Fsp3) is 0.182. The van der Waals surface area contributed by atoms with E-state index in [1.807, 2.05) is 41.2 Å². The van der Waals surface area contributed by atoms with Crippen LogP contribution in [0, 0.1) is 0 Å². The molecule has 0 saturated heterocycles. The van der Waals surface area contributed by atoms with E-state index >= 15 is 0 Å². The lowest BCUT2D eigenvalue weighted by atomic mass is 10.2. The Labute approximate surface area is 191 Å². The first-order valence-electron chi connectivity index (χ1n) is 9.80. The molecule has 0 aliphatic carbocycles. The molecule has 0 fully saturated rings. The maximum Gasteiger partial charge on any atom is 0.417 e. The van der Waals surface area contributed by atoms with Gasteiger partial charge in [0.1, 0.15) is 5.02 Å². The summed E-state index contributed by atoms with van der Waals surface area (Å²) in [5.74, 6) is -0.0636. The third-order valence-corrected chi connectivity index (χ3v) is 5.25. The van der Waals surface area contributed by atoms with E-state index in [0.717, 1.165) is 27.9 Å². The highest BCUT2D eigenvalue weighted by Crippen LogP contribution is 2.28. The van der Waals surface area contributed by atoms with Crippen molar-refractivity contribution in [2.75, 3.05) is 11.9 Å². The van der Waals surface area contributed by atoms with E-state index < -0.39 is 17.3 Å². The summed E-state index contributed by atoms with van der Waals surface area (Å²) in [5.41, 5.74) is 0.787. The molecule has 0 atom stereocenters. The van der Waals surface area contributed by atoms with Crippen molar-refractivity contribution in [1.29, 1.82) is 0 Å². The van der Waals surface area contributed by atoms with E-state index in [0.29, 0.717) is 25.0 Å². The number of anilines is 1. The van der Waals surface area contributed by atoms with Crippen molar-refractivity contribution < 1.29 is 13.2 Å². The van der Waals surface area contributed by atoms with Crippen LogP contribution in [0.3, 0.4) is 0 Å². The van der Waals surface area contributed by atoms with Crippen molar-refractivity contribution in [2.45, 2.75) is 19.3 Å². The van der Waals surface area contributed by atoms with Crippen LogP contribution in [0.5, 0.6) is 0 Å². The fourth-order valence-corrected chi connectivity index (χ4v) is 3.51. The van der Waals surface area contributed by atoms with Gasteiger partial charge in [0, 0.05) is 31.5 Å². The molecule has 11 heteroatoms. The molecule has 7 nitrogen and oxygen atoms in total. The second-order valence-electron chi connectivity index (χ2n) is 7.35. The molecular weight excluding hydrogens is 457 g/mol. The SMILES string of the molecule is CN(Cc1cnn(Cc2ccccc2)c1)c1cnn(-c2ccc(C(F)(F)F)cn2)c(=O)c1Cl. The number of aromatic nitrogens is 5. The molecule has 0 aliphatic heterocycles. The minimum Gasteiger partial charge on any atom is -0.367 e. The van der Waals surface area contributed by atoms with Crippen LogP contribution in [-0.4, -0.2) is 31.6 Å². The highest BCUT2D eigenvalue weighted by Gasteiger charge is 2.30. The summed E-state index contributed by atoms with van der Waals surface area (Å²) in [5, 5.41) is 8.28. The Morgan fingerprint density at radius 3 is 2.42 bits per heavy atom. The maximum absolute atomic E-state index is 12.7. The number of nitrogens with zero attached hydrogens (tertiary/aromatic N) is 6. The zero-order chi connectivity index (χ0) is 23.6. The molecule has 0 aliphatic rings. The van der Waals surface area contributed by atoms with Gasteiger partial charge in [-0.3, -0.25) is 9.48 Å². The number of hydrogen-bond acceptors (Lipinski definition) is 5. The molecule has 0 saturated carbocycles. The number of benzene rings is 1. The second-order valence-corrected chi connectivity index (χ2v) is 7.73. The van der Waals surface area contributed by atoms with Gasteiger partial charge in [0.25, 0.3) is 5.56 Å². The second kappa shape index (κ2) is 9.07. The summed E-state index contributed by atoms with van der Waals surface area (Å²) in [4.78, 5) is 18.1. The fourth-order valence-electron chi connectivity index (χ4n) is 3.24. The van der Waals surface area contributed by atoms with E-state index in [9.17, 15) is 18.0 Å². The Morgan fingerprint density at radius 1 is 1.00 bits per heavy atom. The lowest BCUT2D eigenvalue weighted by Crippen LogP contribution is -2.26. The van der Waals surface area contributed by atoms with Gasteiger partial charge in [-0.15, -0.1) is 0 Å². The van der Waals surface area contributed by atoms with Crippen LogP contribution in [0.4, 0.5) is 18.9 Å². The standard InChI is InChI=1S/C22H18ClF3N6O/c1-30(12-16-9-28-31(14-16)13-15-5-3-2-4-6-15)18-11-29-32(21(33)20(18)23)19-8-7-17(10-27-19)22(24,25)26/h2-11,14H,12-13H2,1H3. The lowest BCUT2D eigenvalue weighted by Gasteiger charge is -2.19. The van der Waals surface area contributed by atoms with Gasteiger partial charge in [-0.05, 0) is 17.7 Å². The average Bonchev–Trinajstić information content (AvgIpc) is 3.22. The maximum atomic E-state index is 12.7. The molecule has 3 aromatic heterocycles. The van der Waals surface area contributed by atoms with Crippen LogP contribution in [0.2, 0.25) is 5.02 Å². The van der Waals surface area contributed by atoms with Gasteiger partial charge in [-0.25, -0.2) is 4.98 Å². The Kier molecular flexibility index (Phi) is 6.19. The van der Waals surface area contributed by atoms with Crippen molar-refractivity contribution >= 4 is 17.3 Å². The third-order valence-electron chi connectivity index (χ3n) is 4.90. The first-order valence-corrected chi connectivity index (χ1v) is 10.2. The zero-order valence-electron chi connectivity index (χ0n) is 17.4. The molecule has 170 valence electrons. The van der Waals surface area contributed by atoms with E-state index in [2.05, 4.69) is 15.2 Å². The predicted octanol–water partition coefficient (Wildman–Crippen LogP) is 4.18. The highest BCUT2D eigenvalue weighted by molar-refractivity contribution is 6.33. The van der Waals surface area contributed by atoms with Crippen molar-refractivity contribution in [3.05, 3.63) is 99.3 Å². The summed E-state index contributed by atoms with van der Waals surface area (Å²) in [6.07, 6.45) is 1.12. The molecule has 0 N–H and O–H groups in total. The normalized spacial score (nSPS) is 11.5. The number of rotatable bonds is 6. The van der Waals surface area contributed by atoms with E-state index in [4.69, 9.17) is 11.6 Å². The molecule has 1 aromatic carbocycles. The summed E-state index contributed by atoms with van der Waals surface area (Å²) in [6, 6.07) is 11.8. The topological polar surface area (TPSA) is 68.8 Å². The zero-order valence-corrected chi connectivity index (χ0v) is 18.1. The Balaban J connectivity index is 1.51. The van der Waals surface area contributed by atoms with Crippen molar-refractivity contribution in [2.24, 2.45) is 0 Å². The molecule has 4 rings (SSSR count). The van der Waals surface area contributed by atoms with Gasteiger partial charge >= 0.3 is 6.18 Å². The van der Waals surface area contributed by atoms with Gasteiger partial charge in [-0.2, -0.15) is 28.1 Å². The molecule has 0 amide bonds. The summed E-state index contributed by atoms with van der Waals surface area (Å²) in [7, 11) is 1.75. The summed E-state index contributed by atoms with van der Waals surface area (Å²) in [6.45, 7) is 1.04. The number of alkyl halides is 3. The predicted molar refractivity (Wildman–Crippen MR) is 118 cm³/mol. The molecule has 0 spiro atoms. The summed E-state index contributed by atoms with van der Waals surface area (Å²) < 4.78 is 40.9. The Bertz CT molecular complexity index is 1300. The average molecular weight is 475 g/mol. The minimum atomic E-state index is -4.52. The quantitative estimate of drug-likeness (QED) is 0.419. The lowest BCUT2D eigenvalue weighted by molar-refractivity contribution is -0.137. The van der Waals surface area contributed by atoms with Gasteiger partial charge < -0.3 is 4.90 Å². The largest absolute Gasteiger partial charge is 0.417 e. The van der Waals surface area contributed by atoms with Crippen LogP contribution in [-0.2, 0) is 19.3 Å². The van der Waals surface area contributed by atoms with E-state index in [1.165, 1.54) is 6.20 Å². The number of pyridine rings is 1. The highest BCUT2D eigenvalue weighted by atomic mass is 35.5. The van der Waals surface area contributed by atoms with Gasteiger partial charge in [0.15, 0.2) is 5.82 Å². The van der Waals surface area contributed by atoms with Crippen LogP contribution < -0.4 is 10.5 Å². The van der Waals surface area contributed by atoms with Crippen LogP contribution in [0.25, 0.3) is 5.82 Å². The first-order chi connectivity index (χ1) is 15.7. The monoisotopic (exact) mass is 474 g/mol. The summed E-state index contributed by atoms with van der Waals surface area (Å²) >= 11 is 6.28. The smallest absolute Gasteiger partial charge is 0.367 e. The van der Waals surface area contributed by atoms with Crippen LogP contribution in [0.15, 0.2) is 72.0 Å². The minimum absolute atomic E-state index is 0.0636. The van der Waals surface area contributed by atoms with Crippen LogP contribution >= 0.6 is 11.6 Å². The van der Waals surface area contributed by atoms with Crippen molar-refractivity contribution in [3.63, 3.8) is 0 Å². The van der Waals surface area contributed by atoms with Crippen LogP contribution in [0.1, 0.15) is 16.7 Å². The van der Waals surface area contributed by atoms with E-state index in [-0.39, 0.29) is 10.8 Å². The first kappa shape index (κ1) is 22.5. The molecule has 0 radical (unpaired) electrons. The van der Waals surface area contributed by atoms with Crippen molar-refractivity contribution in [3.8, 4) is 5.82 Å². The molecule has 33 heavy (non-hydrogen) atoms. The van der Waals surface area contributed by atoms with Gasteiger partial charge in [0.05, 0.1) is 30.2 Å².